The number of ether oxygens (including phenoxy) is 2. The first kappa shape index (κ1) is 17.7. The van der Waals surface area contributed by atoms with Crippen LogP contribution in [0.3, 0.4) is 0 Å². The third kappa shape index (κ3) is 4.31. The molecule has 120 valence electrons. The van der Waals surface area contributed by atoms with E-state index >= 15 is 0 Å². The Morgan fingerprint density at radius 1 is 1.38 bits per heavy atom. The van der Waals surface area contributed by atoms with Gasteiger partial charge in [-0.2, -0.15) is 4.37 Å². The van der Waals surface area contributed by atoms with Crippen molar-refractivity contribution in [2.24, 2.45) is 0 Å². The maximum absolute atomic E-state index is 12.1. The molecule has 0 aliphatic carbocycles. The molecule has 0 saturated carbocycles. The Morgan fingerprint density at radius 3 is 2.57 bits per heavy atom. The molecule has 0 atom stereocenters. The third-order valence-electron chi connectivity index (χ3n) is 3.36. The number of nitrogen functional groups attached to an aromatic ring is 1. The summed E-state index contributed by atoms with van der Waals surface area (Å²) in [5, 5.41) is 0.775. The first-order chi connectivity index (χ1) is 10.1. The van der Waals surface area contributed by atoms with Crippen molar-refractivity contribution in [1.29, 1.82) is 0 Å². The Labute approximate surface area is 130 Å². The molecule has 1 rings (SSSR count). The van der Waals surface area contributed by atoms with Crippen LogP contribution in [0.5, 0.6) is 0 Å². The van der Waals surface area contributed by atoms with Crippen LogP contribution in [-0.4, -0.2) is 43.3 Å². The Hall–Kier alpha value is -1.34. The monoisotopic (exact) mass is 315 g/mol. The SMILES string of the molecule is CCOC(=O)c1c(N)nsc1N(CCOC)C(CC)CC. The van der Waals surface area contributed by atoms with Crippen LogP contribution >= 0.6 is 11.5 Å². The second-order valence-electron chi connectivity index (χ2n) is 4.62. The standard InChI is InChI=1S/C14H25N3O3S/c1-5-10(6-2)17(8-9-19-4)13-11(12(15)16-21-13)14(18)20-7-3/h10H,5-9H2,1-4H3,(H2,15,16). The van der Waals surface area contributed by atoms with Gasteiger partial charge in [0.1, 0.15) is 10.6 Å². The highest BCUT2D eigenvalue weighted by molar-refractivity contribution is 7.11. The Morgan fingerprint density at radius 2 is 2.05 bits per heavy atom. The number of nitrogens with zero attached hydrogens (tertiary/aromatic N) is 2. The molecule has 0 aromatic carbocycles. The van der Waals surface area contributed by atoms with Crippen LogP contribution in [0.2, 0.25) is 0 Å². The molecule has 21 heavy (non-hydrogen) atoms. The van der Waals surface area contributed by atoms with E-state index in [0.717, 1.165) is 17.8 Å². The van der Waals surface area contributed by atoms with Crippen molar-refractivity contribution in [3.05, 3.63) is 5.56 Å². The average Bonchev–Trinajstić information content (AvgIpc) is 2.85. The van der Waals surface area contributed by atoms with Gasteiger partial charge in [-0.25, -0.2) is 4.79 Å². The Kier molecular flexibility index (Phi) is 7.45. The van der Waals surface area contributed by atoms with E-state index < -0.39 is 5.97 Å². The smallest absolute Gasteiger partial charge is 0.345 e. The summed E-state index contributed by atoms with van der Waals surface area (Å²) in [7, 11) is 1.67. The number of esters is 1. The van der Waals surface area contributed by atoms with E-state index in [-0.39, 0.29) is 5.82 Å². The van der Waals surface area contributed by atoms with Crippen molar-refractivity contribution in [3.8, 4) is 0 Å². The number of methoxy groups -OCH3 is 1. The molecule has 0 bridgehead atoms. The van der Waals surface area contributed by atoms with Gasteiger partial charge in [-0.1, -0.05) is 13.8 Å². The molecule has 0 spiro atoms. The van der Waals surface area contributed by atoms with Crippen LogP contribution in [-0.2, 0) is 9.47 Å². The number of anilines is 2. The summed E-state index contributed by atoms with van der Waals surface area (Å²) in [6.45, 7) is 7.62. The van der Waals surface area contributed by atoms with E-state index in [2.05, 4.69) is 23.1 Å². The van der Waals surface area contributed by atoms with Crippen molar-refractivity contribution in [3.63, 3.8) is 0 Å². The largest absolute Gasteiger partial charge is 0.462 e. The lowest BCUT2D eigenvalue weighted by Gasteiger charge is -2.31. The lowest BCUT2D eigenvalue weighted by molar-refractivity contribution is 0.0528. The van der Waals surface area contributed by atoms with E-state index in [1.807, 2.05) is 0 Å². The fourth-order valence-corrected chi connectivity index (χ4v) is 3.15. The summed E-state index contributed by atoms with van der Waals surface area (Å²) in [6, 6.07) is 0.313. The minimum absolute atomic E-state index is 0.238. The van der Waals surface area contributed by atoms with E-state index in [9.17, 15) is 4.79 Å². The molecular formula is C14H25N3O3S. The van der Waals surface area contributed by atoms with Crippen molar-refractivity contribution < 1.29 is 14.3 Å². The lowest BCUT2D eigenvalue weighted by atomic mass is 10.1. The molecule has 0 aliphatic heterocycles. The first-order valence-electron chi connectivity index (χ1n) is 7.28. The molecule has 0 saturated heterocycles. The van der Waals surface area contributed by atoms with Gasteiger partial charge < -0.3 is 20.1 Å². The number of nitrogens with two attached hydrogens (primary N) is 1. The highest BCUT2D eigenvalue weighted by Crippen LogP contribution is 2.33. The molecule has 1 heterocycles. The minimum atomic E-state index is -0.410. The van der Waals surface area contributed by atoms with Gasteiger partial charge in [-0.15, -0.1) is 0 Å². The Balaban J connectivity index is 3.14. The summed E-state index contributed by atoms with van der Waals surface area (Å²) in [4.78, 5) is 14.3. The van der Waals surface area contributed by atoms with E-state index in [1.165, 1.54) is 11.5 Å². The second kappa shape index (κ2) is 8.84. The average molecular weight is 315 g/mol. The van der Waals surface area contributed by atoms with Gasteiger partial charge >= 0.3 is 5.97 Å². The molecule has 2 N–H and O–H groups in total. The van der Waals surface area contributed by atoms with Gasteiger partial charge in [-0.05, 0) is 31.3 Å². The molecule has 0 amide bonds. The van der Waals surface area contributed by atoms with Crippen LogP contribution < -0.4 is 10.6 Å². The predicted octanol–water partition coefficient (Wildman–Crippen LogP) is 2.54. The minimum Gasteiger partial charge on any atom is -0.462 e. The van der Waals surface area contributed by atoms with Gasteiger partial charge in [-0.3, -0.25) is 0 Å². The van der Waals surface area contributed by atoms with Crippen molar-refractivity contribution >= 4 is 28.3 Å². The molecule has 1 aromatic heterocycles. The van der Waals surface area contributed by atoms with Gasteiger partial charge in [0.2, 0.25) is 0 Å². The quantitative estimate of drug-likeness (QED) is 0.706. The maximum Gasteiger partial charge on any atom is 0.345 e. The molecular weight excluding hydrogens is 290 g/mol. The van der Waals surface area contributed by atoms with Crippen molar-refractivity contribution in [2.45, 2.75) is 39.7 Å². The fourth-order valence-electron chi connectivity index (χ4n) is 2.25. The first-order valence-corrected chi connectivity index (χ1v) is 8.05. The number of carbonyl (C=O) groups is 1. The predicted molar refractivity (Wildman–Crippen MR) is 86.1 cm³/mol. The number of aromatic nitrogens is 1. The van der Waals surface area contributed by atoms with E-state index in [4.69, 9.17) is 15.2 Å². The van der Waals surface area contributed by atoms with Crippen LogP contribution in [0, 0.1) is 0 Å². The second-order valence-corrected chi connectivity index (χ2v) is 5.38. The molecule has 1 aromatic rings. The lowest BCUT2D eigenvalue weighted by Crippen LogP contribution is -2.37. The highest BCUT2D eigenvalue weighted by Gasteiger charge is 2.27. The molecule has 0 aliphatic rings. The van der Waals surface area contributed by atoms with Crippen LogP contribution in [0.4, 0.5) is 10.8 Å². The highest BCUT2D eigenvalue weighted by atomic mass is 32.1. The van der Waals surface area contributed by atoms with Crippen LogP contribution in [0.15, 0.2) is 0 Å². The van der Waals surface area contributed by atoms with Gasteiger partial charge in [0.05, 0.1) is 13.2 Å². The summed E-state index contributed by atoms with van der Waals surface area (Å²) in [5.41, 5.74) is 6.24. The van der Waals surface area contributed by atoms with Crippen molar-refractivity contribution in [1.82, 2.24) is 4.37 Å². The normalized spacial score (nSPS) is 10.9. The summed E-state index contributed by atoms with van der Waals surface area (Å²) in [6.07, 6.45) is 1.95. The molecule has 0 fully saturated rings. The summed E-state index contributed by atoms with van der Waals surface area (Å²) < 4.78 is 14.4. The third-order valence-corrected chi connectivity index (χ3v) is 4.26. The molecule has 6 nitrogen and oxygen atoms in total. The van der Waals surface area contributed by atoms with Gasteiger partial charge in [0, 0.05) is 19.7 Å². The van der Waals surface area contributed by atoms with Crippen molar-refractivity contribution in [2.75, 3.05) is 37.5 Å². The number of carbonyl (C=O) groups excluding carboxylic acids is 1. The fraction of sp³-hybridized carbons (Fsp3) is 0.714. The van der Waals surface area contributed by atoms with E-state index in [0.29, 0.717) is 31.4 Å². The Bertz CT molecular complexity index is 447. The van der Waals surface area contributed by atoms with E-state index in [1.54, 1.807) is 14.0 Å². The number of hydrogen-bond acceptors (Lipinski definition) is 7. The zero-order valence-electron chi connectivity index (χ0n) is 13.2. The molecule has 0 radical (unpaired) electrons. The van der Waals surface area contributed by atoms with Crippen LogP contribution in [0.1, 0.15) is 44.0 Å². The summed E-state index contributed by atoms with van der Waals surface area (Å²) in [5.74, 6) is -0.172. The molecule has 7 heteroatoms. The zero-order chi connectivity index (χ0) is 15.8. The van der Waals surface area contributed by atoms with Gasteiger partial charge in [0.25, 0.3) is 0 Å². The zero-order valence-corrected chi connectivity index (χ0v) is 14.0. The maximum atomic E-state index is 12.1. The van der Waals surface area contributed by atoms with Gasteiger partial charge in [0.15, 0.2) is 5.82 Å². The van der Waals surface area contributed by atoms with Crippen LogP contribution in [0.25, 0.3) is 0 Å². The summed E-state index contributed by atoms with van der Waals surface area (Å²) >= 11 is 1.24. The topological polar surface area (TPSA) is 77.7 Å². The molecule has 0 unspecified atom stereocenters. The number of rotatable bonds is 9. The number of hydrogen-bond donors (Lipinski definition) is 1.